The highest BCUT2D eigenvalue weighted by molar-refractivity contribution is 14.0. The zero-order chi connectivity index (χ0) is 15.5. The zero-order valence-corrected chi connectivity index (χ0v) is 17.1. The minimum Gasteiger partial charge on any atom is -0.381 e. The fraction of sp³-hybridized carbons (Fsp3) is 0.938. The Morgan fingerprint density at radius 3 is 2.55 bits per heavy atom. The summed E-state index contributed by atoms with van der Waals surface area (Å²) < 4.78 is 5.55. The molecule has 0 bridgehead atoms. The van der Waals surface area contributed by atoms with Crippen LogP contribution in [0, 0.1) is 0 Å². The summed E-state index contributed by atoms with van der Waals surface area (Å²) in [6, 6.07) is 1.34. The van der Waals surface area contributed by atoms with Crippen molar-refractivity contribution in [2.24, 2.45) is 4.99 Å². The monoisotopic (exact) mass is 426 g/mol. The fourth-order valence-corrected chi connectivity index (χ4v) is 2.18. The summed E-state index contributed by atoms with van der Waals surface area (Å²) in [5.41, 5.74) is 0. The number of nitrogens with one attached hydrogen (secondary N) is 2. The van der Waals surface area contributed by atoms with Crippen molar-refractivity contribution < 1.29 is 4.74 Å². The van der Waals surface area contributed by atoms with Gasteiger partial charge in [-0.3, -0.25) is 9.89 Å². The minimum atomic E-state index is 0. The van der Waals surface area contributed by atoms with Gasteiger partial charge >= 0.3 is 0 Å². The average Bonchev–Trinajstić information content (AvgIpc) is 3.33. The van der Waals surface area contributed by atoms with Crippen molar-refractivity contribution in [1.29, 1.82) is 0 Å². The number of halogens is 1. The second kappa shape index (κ2) is 13.4. The Morgan fingerprint density at radius 1 is 1.27 bits per heavy atom. The van der Waals surface area contributed by atoms with Crippen molar-refractivity contribution >= 4 is 29.9 Å². The van der Waals surface area contributed by atoms with Gasteiger partial charge in [0.25, 0.3) is 0 Å². The number of guanidine groups is 1. The van der Waals surface area contributed by atoms with E-state index in [1.54, 1.807) is 0 Å². The maximum atomic E-state index is 5.55. The Morgan fingerprint density at radius 2 is 1.95 bits per heavy atom. The Balaban J connectivity index is 0.00000441. The van der Waals surface area contributed by atoms with Gasteiger partial charge in [0, 0.05) is 45.4 Å². The molecule has 1 atom stereocenters. The molecule has 0 aromatic rings. The van der Waals surface area contributed by atoms with Crippen molar-refractivity contribution in [2.75, 3.05) is 40.4 Å². The third-order valence-corrected chi connectivity index (χ3v) is 4.01. The second-order valence-corrected chi connectivity index (χ2v) is 5.95. The molecule has 1 unspecified atom stereocenters. The van der Waals surface area contributed by atoms with Gasteiger partial charge in [0.2, 0.25) is 0 Å². The van der Waals surface area contributed by atoms with Gasteiger partial charge in [0.05, 0.1) is 0 Å². The number of ether oxygens (including phenoxy) is 1. The average molecular weight is 426 g/mol. The molecule has 5 nitrogen and oxygen atoms in total. The number of nitrogens with zero attached hydrogens (tertiary/aromatic N) is 2. The lowest BCUT2D eigenvalue weighted by atomic mass is 10.3. The molecule has 0 aromatic carbocycles. The molecule has 0 aromatic heterocycles. The van der Waals surface area contributed by atoms with Crippen LogP contribution in [-0.4, -0.2) is 63.3 Å². The highest BCUT2D eigenvalue weighted by atomic mass is 127. The summed E-state index contributed by atoms with van der Waals surface area (Å²) >= 11 is 0. The first kappa shape index (κ1) is 21.9. The van der Waals surface area contributed by atoms with Crippen molar-refractivity contribution in [3.8, 4) is 0 Å². The SMILES string of the molecule is CCCCOCCCNC(=NC)NCC(C)N(C)C1CC1.I. The molecule has 132 valence electrons. The van der Waals surface area contributed by atoms with Crippen LogP contribution in [0.25, 0.3) is 0 Å². The lowest BCUT2D eigenvalue weighted by Gasteiger charge is -2.25. The number of hydrogen-bond acceptors (Lipinski definition) is 3. The number of hydrogen-bond donors (Lipinski definition) is 2. The van der Waals surface area contributed by atoms with Gasteiger partial charge in [-0.15, -0.1) is 24.0 Å². The van der Waals surface area contributed by atoms with Gasteiger partial charge in [-0.25, -0.2) is 0 Å². The lowest BCUT2D eigenvalue weighted by molar-refractivity contribution is 0.129. The molecule has 1 rings (SSSR count). The molecule has 0 saturated heterocycles. The second-order valence-electron chi connectivity index (χ2n) is 5.95. The van der Waals surface area contributed by atoms with Crippen LogP contribution in [0.2, 0.25) is 0 Å². The van der Waals surface area contributed by atoms with E-state index in [4.69, 9.17) is 4.74 Å². The fourth-order valence-electron chi connectivity index (χ4n) is 2.18. The molecule has 22 heavy (non-hydrogen) atoms. The largest absolute Gasteiger partial charge is 0.381 e. The molecule has 1 aliphatic carbocycles. The third-order valence-electron chi connectivity index (χ3n) is 4.01. The first-order valence-electron chi connectivity index (χ1n) is 8.43. The van der Waals surface area contributed by atoms with Crippen LogP contribution < -0.4 is 10.6 Å². The Hall–Kier alpha value is -0.0800. The topological polar surface area (TPSA) is 48.9 Å². The molecule has 0 radical (unpaired) electrons. The van der Waals surface area contributed by atoms with Crippen LogP contribution in [0.5, 0.6) is 0 Å². The van der Waals surface area contributed by atoms with E-state index in [0.717, 1.165) is 51.1 Å². The van der Waals surface area contributed by atoms with Crippen LogP contribution >= 0.6 is 24.0 Å². The number of unbranched alkanes of at least 4 members (excludes halogenated alkanes) is 1. The first-order chi connectivity index (χ1) is 10.2. The van der Waals surface area contributed by atoms with E-state index in [-0.39, 0.29) is 24.0 Å². The van der Waals surface area contributed by atoms with Crippen molar-refractivity contribution in [2.45, 2.75) is 58.0 Å². The Labute approximate surface area is 153 Å². The lowest BCUT2D eigenvalue weighted by Crippen LogP contribution is -2.45. The van der Waals surface area contributed by atoms with Crippen LogP contribution in [0.3, 0.4) is 0 Å². The minimum absolute atomic E-state index is 0. The quantitative estimate of drug-likeness (QED) is 0.231. The van der Waals surface area contributed by atoms with E-state index in [1.165, 1.54) is 19.3 Å². The number of aliphatic imine (C=N–C) groups is 1. The molecule has 1 aliphatic rings. The molecule has 0 heterocycles. The van der Waals surface area contributed by atoms with E-state index >= 15 is 0 Å². The summed E-state index contributed by atoms with van der Waals surface area (Å²) in [5, 5.41) is 6.74. The molecule has 0 amide bonds. The Bertz CT molecular complexity index is 298. The van der Waals surface area contributed by atoms with Crippen LogP contribution in [0.4, 0.5) is 0 Å². The summed E-state index contributed by atoms with van der Waals surface area (Å²) in [7, 11) is 4.04. The molecule has 0 aliphatic heterocycles. The molecule has 6 heteroatoms. The number of likely N-dealkylation sites (N-methyl/N-ethyl adjacent to an activating group) is 1. The predicted octanol–water partition coefficient (Wildman–Crippen LogP) is 2.46. The van der Waals surface area contributed by atoms with Gasteiger partial charge in [-0.1, -0.05) is 13.3 Å². The summed E-state index contributed by atoms with van der Waals surface area (Å²) in [5.74, 6) is 0.889. The van der Waals surface area contributed by atoms with Gasteiger partial charge in [0.1, 0.15) is 0 Å². The standard InChI is InChI=1S/C16H34N4O.HI/c1-5-6-11-21-12-7-10-18-16(17-3)19-13-14(2)20(4)15-8-9-15;/h14-15H,5-13H2,1-4H3,(H2,17,18,19);1H. The summed E-state index contributed by atoms with van der Waals surface area (Å²) in [6.45, 7) is 7.99. The van der Waals surface area contributed by atoms with Crippen molar-refractivity contribution in [1.82, 2.24) is 15.5 Å². The van der Waals surface area contributed by atoms with Crippen molar-refractivity contribution in [3.63, 3.8) is 0 Å². The van der Waals surface area contributed by atoms with E-state index in [0.29, 0.717) is 6.04 Å². The molecular formula is C16H35IN4O. The van der Waals surface area contributed by atoms with Crippen LogP contribution in [0.15, 0.2) is 4.99 Å². The normalized spacial score (nSPS) is 16.3. The zero-order valence-electron chi connectivity index (χ0n) is 14.7. The van der Waals surface area contributed by atoms with Gasteiger partial charge in [-0.2, -0.15) is 0 Å². The maximum Gasteiger partial charge on any atom is 0.191 e. The van der Waals surface area contributed by atoms with E-state index < -0.39 is 0 Å². The highest BCUT2D eigenvalue weighted by Crippen LogP contribution is 2.26. The molecule has 1 fully saturated rings. The first-order valence-corrected chi connectivity index (χ1v) is 8.43. The van der Waals surface area contributed by atoms with Crippen LogP contribution in [0.1, 0.15) is 46.0 Å². The highest BCUT2D eigenvalue weighted by Gasteiger charge is 2.28. The van der Waals surface area contributed by atoms with Gasteiger partial charge < -0.3 is 15.4 Å². The summed E-state index contributed by atoms with van der Waals surface area (Å²) in [4.78, 5) is 6.72. The van der Waals surface area contributed by atoms with Crippen LogP contribution in [-0.2, 0) is 4.74 Å². The number of rotatable bonds is 11. The van der Waals surface area contributed by atoms with Gasteiger partial charge in [-0.05, 0) is 39.7 Å². The summed E-state index contributed by atoms with van der Waals surface area (Å²) in [6.07, 6.45) is 6.07. The smallest absolute Gasteiger partial charge is 0.191 e. The van der Waals surface area contributed by atoms with E-state index in [9.17, 15) is 0 Å². The Kier molecular flexibility index (Phi) is 13.3. The third kappa shape index (κ3) is 9.84. The molecule has 0 spiro atoms. The van der Waals surface area contributed by atoms with E-state index in [2.05, 4.69) is 41.4 Å². The predicted molar refractivity (Wildman–Crippen MR) is 105 cm³/mol. The van der Waals surface area contributed by atoms with Crippen molar-refractivity contribution in [3.05, 3.63) is 0 Å². The van der Waals surface area contributed by atoms with E-state index in [1.807, 2.05) is 7.05 Å². The molecule has 2 N–H and O–H groups in total. The maximum absolute atomic E-state index is 5.55. The van der Waals surface area contributed by atoms with Gasteiger partial charge in [0.15, 0.2) is 5.96 Å². The molecular weight excluding hydrogens is 391 g/mol. The molecule has 1 saturated carbocycles.